The Morgan fingerprint density at radius 3 is 1.36 bits per heavy atom. The number of aromatic nitrogens is 2. The summed E-state index contributed by atoms with van der Waals surface area (Å²) < 4.78 is 0. The maximum Gasteiger partial charge on any atom is 0.191 e. The van der Waals surface area contributed by atoms with Gasteiger partial charge in [0.05, 0.1) is 11.0 Å². The topological polar surface area (TPSA) is 62.2 Å². The van der Waals surface area contributed by atoms with Crippen LogP contribution in [0.5, 0.6) is 0 Å². The van der Waals surface area contributed by atoms with Crippen molar-refractivity contribution in [3.63, 3.8) is 0 Å². The van der Waals surface area contributed by atoms with Gasteiger partial charge in [-0.2, -0.15) is 0 Å². The molecule has 1 aliphatic rings. The van der Waals surface area contributed by atoms with Gasteiger partial charge in [0.2, 0.25) is 0 Å². The predicted molar refractivity (Wildman–Crippen MR) is 114 cm³/mol. The lowest BCUT2D eigenvalue weighted by molar-refractivity contribution is 0.942. The molecular weight excluding hydrogens is 310 g/mol. The molecule has 25 heavy (non-hydrogen) atoms. The summed E-state index contributed by atoms with van der Waals surface area (Å²) in [7, 11) is 1.76. The quantitative estimate of drug-likeness (QED) is 0.710. The average molecular weight is 350 g/mol. The molecule has 2 aromatic rings. The van der Waals surface area contributed by atoms with Crippen LogP contribution in [0.2, 0.25) is 0 Å². The van der Waals surface area contributed by atoms with Gasteiger partial charge in [-0.1, -0.05) is 67.5 Å². The van der Waals surface area contributed by atoms with E-state index in [2.05, 4.69) is 25.6 Å². The third-order valence-electron chi connectivity index (χ3n) is 2.31. The van der Waals surface area contributed by atoms with Crippen LogP contribution in [0.3, 0.4) is 0 Å². The molecule has 2 heterocycles. The van der Waals surface area contributed by atoms with Crippen LogP contribution in [0.15, 0.2) is 41.7 Å². The molecule has 5 nitrogen and oxygen atoms in total. The summed E-state index contributed by atoms with van der Waals surface area (Å²) in [6, 6.07) is 7.80. The molecule has 0 radical (unpaired) electrons. The van der Waals surface area contributed by atoms with Gasteiger partial charge in [-0.05, 0) is 12.1 Å². The minimum atomic E-state index is 0.917. The number of nitrogens with one attached hydrogen (secondary N) is 2. The summed E-state index contributed by atoms with van der Waals surface area (Å²) in [5.41, 5.74) is 1.90. The highest BCUT2D eigenvalue weighted by atomic mass is 15.2. The normalized spacial score (nSPS) is 10.0. The summed E-state index contributed by atoms with van der Waals surface area (Å²) in [6.45, 7) is 18.0. The van der Waals surface area contributed by atoms with Crippen LogP contribution in [-0.2, 0) is 0 Å². The largest absolute Gasteiger partial charge is 0.355 e. The SMILES string of the molecule is CC.CC.CC.CC.CN=C1NCCN1.c1ccc2nccnc2c1. The zero-order valence-electron chi connectivity index (χ0n) is 17.7. The number of fused-ring (bicyclic) bond motifs is 1. The van der Waals surface area contributed by atoms with Crippen molar-refractivity contribution >= 4 is 17.0 Å². The number of hydrogen-bond acceptors (Lipinski definition) is 3. The van der Waals surface area contributed by atoms with Crippen molar-refractivity contribution in [1.29, 1.82) is 0 Å². The Hall–Kier alpha value is -2.17. The van der Waals surface area contributed by atoms with Crippen molar-refractivity contribution < 1.29 is 0 Å². The minimum absolute atomic E-state index is 0.917. The van der Waals surface area contributed by atoms with Gasteiger partial charge in [-0.3, -0.25) is 15.0 Å². The van der Waals surface area contributed by atoms with Gasteiger partial charge in [0, 0.05) is 32.5 Å². The fourth-order valence-corrected chi connectivity index (χ4v) is 1.49. The van der Waals surface area contributed by atoms with Crippen LogP contribution < -0.4 is 10.6 Å². The number of aliphatic imine (C=N–C) groups is 1. The molecule has 1 aromatic heterocycles. The van der Waals surface area contributed by atoms with Crippen LogP contribution in [0.1, 0.15) is 55.4 Å². The van der Waals surface area contributed by atoms with E-state index in [0.29, 0.717) is 0 Å². The standard InChI is InChI=1S/C8H6N2.C4H9N3.4C2H6/c1-2-4-8-7(3-1)9-5-6-10-8;1-5-4-6-2-3-7-4;4*1-2/h1-6H;2-3H2,1H3,(H2,5,6,7);4*1-2H3. The Labute approximate surface area is 155 Å². The van der Waals surface area contributed by atoms with Crippen molar-refractivity contribution in [3.8, 4) is 0 Å². The maximum atomic E-state index is 4.12. The van der Waals surface area contributed by atoms with E-state index in [-0.39, 0.29) is 0 Å². The molecule has 3 rings (SSSR count). The third-order valence-corrected chi connectivity index (χ3v) is 2.31. The molecular formula is C20H39N5. The van der Waals surface area contributed by atoms with E-state index >= 15 is 0 Å². The van der Waals surface area contributed by atoms with Crippen molar-refractivity contribution in [3.05, 3.63) is 36.7 Å². The van der Waals surface area contributed by atoms with E-state index in [0.717, 1.165) is 30.1 Å². The third kappa shape index (κ3) is 13.9. The van der Waals surface area contributed by atoms with Crippen LogP contribution in [0, 0.1) is 0 Å². The predicted octanol–water partition coefficient (Wildman–Crippen LogP) is 4.90. The number of guanidine groups is 1. The maximum absolute atomic E-state index is 4.12. The van der Waals surface area contributed by atoms with E-state index in [1.807, 2.05) is 79.7 Å². The Bertz CT molecular complexity index is 439. The molecule has 0 atom stereocenters. The van der Waals surface area contributed by atoms with Crippen LogP contribution in [-0.4, -0.2) is 36.1 Å². The average Bonchev–Trinajstić information content (AvgIpc) is 3.29. The van der Waals surface area contributed by atoms with Gasteiger partial charge < -0.3 is 10.6 Å². The zero-order valence-corrected chi connectivity index (χ0v) is 17.7. The van der Waals surface area contributed by atoms with E-state index in [9.17, 15) is 0 Å². The first-order valence-corrected chi connectivity index (χ1v) is 9.50. The van der Waals surface area contributed by atoms with Gasteiger partial charge in [0.25, 0.3) is 0 Å². The zero-order chi connectivity index (χ0) is 19.9. The lowest BCUT2D eigenvalue weighted by atomic mass is 10.3. The van der Waals surface area contributed by atoms with Crippen molar-refractivity contribution in [2.45, 2.75) is 55.4 Å². The Kier molecular flexibility index (Phi) is 26.7. The molecule has 0 amide bonds. The van der Waals surface area contributed by atoms with E-state index in [1.165, 1.54) is 0 Å². The summed E-state index contributed by atoms with van der Waals surface area (Å²) in [6.07, 6.45) is 3.39. The summed E-state index contributed by atoms with van der Waals surface area (Å²) >= 11 is 0. The molecule has 5 heteroatoms. The van der Waals surface area contributed by atoms with Gasteiger partial charge in [0.1, 0.15) is 0 Å². The van der Waals surface area contributed by atoms with Gasteiger partial charge in [-0.25, -0.2) is 0 Å². The Balaban J connectivity index is -0.000000285. The number of para-hydroxylation sites is 2. The van der Waals surface area contributed by atoms with Crippen LogP contribution in [0.4, 0.5) is 0 Å². The molecule has 1 saturated heterocycles. The van der Waals surface area contributed by atoms with Crippen molar-refractivity contribution in [1.82, 2.24) is 20.6 Å². The first-order chi connectivity index (χ1) is 12.4. The molecule has 0 bridgehead atoms. The second kappa shape index (κ2) is 24.1. The molecule has 1 aromatic carbocycles. The van der Waals surface area contributed by atoms with Crippen LogP contribution >= 0.6 is 0 Å². The molecule has 0 unspecified atom stereocenters. The number of hydrogen-bond donors (Lipinski definition) is 2. The van der Waals surface area contributed by atoms with Crippen LogP contribution in [0.25, 0.3) is 11.0 Å². The molecule has 144 valence electrons. The minimum Gasteiger partial charge on any atom is -0.355 e. The van der Waals surface area contributed by atoms with Gasteiger partial charge in [-0.15, -0.1) is 0 Å². The Morgan fingerprint density at radius 2 is 1.08 bits per heavy atom. The summed E-state index contributed by atoms with van der Waals surface area (Å²) in [5.74, 6) is 0.917. The van der Waals surface area contributed by atoms with Crippen molar-refractivity contribution in [2.75, 3.05) is 20.1 Å². The fraction of sp³-hybridized carbons (Fsp3) is 0.550. The molecule has 1 aliphatic heterocycles. The van der Waals surface area contributed by atoms with Gasteiger partial charge >= 0.3 is 0 Å². The lowest BCUT2D eigenvalue weighted by Crippen LogP contribution is -2.23. The number of rotatable bonds is 0. The van der Waals surface area contributed by atoms with Crippen molar-refractivity contribution in [2.24, 2.45) is 4.99 Å². The summed E-state index contributed by atoms with van der Waals surface area (Å²) in [4.78, 5) is 12.1. The van der Waals surface area contributed by atoms with E-state index < -0.39 is 0 Å². The number of benzene rings is 1. The fourth-order valence-electron chi connectivity index (χ4n) is 1.49. The highest BCUT2D eigenvalue weighted by Gasteiger charge is 2.00. The smallest absolute Gasteiger partial charge is 0.191 e. The Morgan fingerprint density at radius 1 is 0.720 bits per heavy atom. The first-order valence-electron chi connectivity index (χ1n) is 9.50. The monoisotopic (exact) mass is 349 g/mol. The molecule has 1 fully saturated rings. The molecule has 2 N–H and O–H groups in total. The lowest BCUT2D eigenvalue weighted by Gasteiger charge is -1.90. The molecule has 0 aliphatic carbocycles. The second-order valence-corrected chi connectivity index (χ2v) is 3.47. The van der Waals surface area contributed by atoms with E-state index in [4.69, 9.17) is 0 Å². The van der Waals surface area contributed by atoms with Gasteiger partial charge in [0.15, 0.2) is 5.96 Å². The number of nitrogens with zero attached hydrogens (tertiary/aromatic N) is 3. The first kappa shape index (κ1) is 27.7. The highest BCUT2D eigenvalue weighted by molar-refractivity contribution is 5.81. The summed E-state index contributed by atoms with van der Waals surface area (Å²) in [5, 5.41) is 6.09. The molecule has 0 saturated carbocycles. The highest BCUT2D eigenvalue weighted by Crippen LogP contribution is 2.04. The van der Waals surface area contributed by atoms with E-state index in [1.54, 1.807) is 19.4 Å². The second-order valence-electron chi connectivity index (χ2n) is 3.47. The molecule has 0 spiro atoms.